The largest absolute Gasteiger partial charge is 0.353 e. The molecule has 2 atom stereocenters. The molecule has 0 spiro atoms. The van der Waals surface area contributed by atoms with Crippen LogP contribution in [0, 0.1) is 25.7 Å². The van der Waals surface area contributed by atoms with Gasteiger partial charge >= 0.3 is 0 Å². The average Bonchev–Trinajstić information content (AvgIpc) is 2.68. The Hall–Kier alpha value is -1.36. The first-order chi connectivity index (χ1) is 10.4. The smallest absolute Gasteiger partial charge is 0.224 e. The molecule has 1 aliphatic heterocycles. The average molecular weight is 306 g/mol. The number of nitrogens with one attached hydrogen (secondary N) is 2. The van der Waals surface area contributed by atoms with E-state index in [-0.39, 0.29) is 5.91 Å². The van der Waals surface area contributed by atoms with Gasteiger partial charge in [-0.2, -0.15) is 5.10 Å². The maximum atomic E-state index is 12.4. The van der Waals surface area contributed by atoms with E-state index in [2.05, 4.69) is 43.4 Å². The molecule has 1 amide bonds. The van der Waals surface area contributed by atoms with Crippen LogP contribution in [0.4, 0.5) is 0 Å². The number of carbonyl (C=O) groups excluding carboxylic acids is 1. The Morgan fingerprint density at radius 2 is 2.18 bits per heavy atom. The van der Waals surface area contributed by atoms with Gasteiger partial charge in [0.2, 0.25) is 5.91 Å². The van der Waals surface area contributed by atoms with E-state index in [1.165, 1.54) is 0 Å². The zero-order valence-electron chi connectivity index (χ0n) is 14.6. The third-order valence-electron chi connectivity index (χ3n) is 4.54. The van der Waals surface area contributed by atoms with Crippen LogP contribution < -0.4 is 10.6 Å². The summed E-state index contributed by atoms with van der Waals surface area (Å²) in [7, 11) is 0. The van der Waals surface area contributed by atoms with Crippen LogP contribution in [0.25, 0.3) is 0 Å². The first-order valence-corrected chi connectivity index (χ1v) is 8.41. The first kappa shape index (κ1) is 17.0. The molecule has 1 saturated heterocycles. The van der Waals surface area contributed by atoms with Crippen LogP contribution in [0.3, 0.4) is 0 Å². The molecule has 124 valence electrons. The summed E-state index contributed by atoms with van der Waals surface area (Å²) in [6.45, 7) is 13.5. The van der Waals surface area contributed by atoms with E-state index in [0.29, 0.717) is 24.3 Å². The Kier molecular flexibility index (Phi) is 5.62. The van der Waals surface area contributed by atoms with Crippen LogP contribution in [0.5, 0.6) is 0 Å². The molecule has 1 aromatic heterocycles. The summed E-state index contributed by atoms with van der Waals surface area (Å²) in [6.07, 6.45) is 1.45. The van der Waals surface area contributed by atoms with Crippen molar-refractivity contribution in [2.75, 3.05) is 13.1 Å². The van der Waals surface area contributed by atoms with Gasteiger partial charge in [0.15, 0.2) is 0 Å². The summed E-state index contributed by atoms with van der Waals surface area (Å²) in [5.41, 5.74) is 3.19. The van der Waals surface area contributed by atoms with Crippen molar-refractivity contribution in [3.8, 4) is 0 Å². The highest BCUT2D eigenvalue weighted by Crippen LogP contribution is 2.16. The molecule has 0 saturated carbocycles. The molecule has 0 aromatic carbocycles. The van der Waals surface area contributed by atoms with Crippen molar-refractivity contribution >= 4 is 5.91 Å². The lowest BCUT2D eigenvalue weighted by molar-refractivity contribution is -0.121. The highest BCUT2D eigenvalue weighted by atomic mass is 16.1. The molecule has 1 fully saturated rings. The van der Waals surface area contributed by atoms with E-state index >= 15 is 0 Å². The van der Waals surface area contributed by atoms with Crippen molar-refractivity contribution in [3.05, 3.63) is 17.0 Å². The molecule has 5 nitrogen and oxygen atoms in total. The Morgan fingerprint density at radius 1 is 1.45 bits per heavy atom. The summed E-state index contributed by atoms with van der Waals surface area (Å²) >= 11 is 0. The summed E-state index contributed by atoms with van der Waals surface area (Å²) in [6, 6.07) is 0.292. The Morgan fingerprint density at radius 3 is 2.82 bits per heavy atom. The van der Waals surface area contributed by atoms with E-state index in [4.69, 9.17) is 0 Å². The molecule has 0 aliphatic carbocycles. The van der Waals surface area contributed by atoms with Crippen molar-refractivity contribution in [3.63, 3.8) is 0 Å². The molecule has 0 bridgehead atoms. The molecule has 2 rings (SSSR count). The number of amides is 1. The number of hydrogen-bond donors (Lipinski definition) is 2. The number of nitrogens with zero attached hydrogens (tertiary/aromatic N) is 2. The number of rotatable bonds is 5. The number of carbonyl (C=O) groups is 1. The fraction of sp³-hybridized carbons (Fsp3) is 0.765. The quantitative estimate of drug-likeness (QED) is 0.872. The van der Waals surface area contributed by atoms with E-state index < -0.39 is 0 Å². The van der Waals surface area contributed by atoms with Gasteiger partial charge in [0.05, 0.1) is 12.1 Å². The van der Waals surface area contributed by atoms with Gasteiger partial charge in [-0.05, 0) is 45.2 Å². The van der Waals surface area contributed by atoms with E-state index in [0.717, 1.165) is 43.0 Å². The van der Waals surface area contributed by atoms with Crippen molar-refractivity contribution in [2.24, 2.45) is 11.8 Å². The summed E-state index contributed by atoms with van der Waals surface area (Å²) in [5.74, 6) is 1.16. The standard InChI is InChI=1S/C17H30N4O/c1-11(2)10-21-14(5)15(13(4)20-21)8-17(22)19-16-6-7-18-9-12(16)3/h11-12,16,18H,6-10H2,1-5H3,(H,19,22). The van der Waals surface area contributed by atoms with Crippen LogP contribution in [0.15, 0.2) is 0 Å². The van der Waals surface area contributed by atoms with E-state index in [1.807, 2.05) is 11.6 Å². The second kappa shape index (κ2) is 7.27. The van der Waals surface area contributed by atoms with Gasteiger partial charge in [0.1, 0.15) is 0 Å². The lowest BCUT2D eigenvalue weighted by Gasteiger charge is -2.30. The number of aromatic nitrogens is 2. The summed E-state index contributed by atoms with van der Waals surface area (Å²) in [4.78, 5) is 12.4. The van der Waals surface area contributed by atoms with Crippen molar-refractivity contribution in [1.29, 1.82) is 0 Å². The second-order valence-electron chi connectivity index (χ2n) is 7.05. The van der Waals surface area contributed by atoms with Crippen LogP contribution >= 0.6 is 0 Å². The normalized spacial score (nSPS) is 22.1. The van der Waals surface area contributed by atoms with E-state index in [9.17, 15) is 4.79 Å². The number of hydrogen-bond acceptors (Lipinski definition) is 3. The van der Waals surface area contributed by atoms with Gasteiger partial charge in [0.25, 0.3) is 0 Å². The maximum absolute atomic E-state index is 12.4. The van der Waals surface area contributed by atoms with Gasteiger partial charge in [0, 0.05) is 23.8 Å². The molecular formula is C17H30N4O. The lowest BCUT2D eigenvalue weighted by Crippen LogP contribution is -2.48. The molecule has 2 N–H and O–H groups in total. The van der Waals surface area contributed by atoms with Crippen LogP contribution in [0.2, 0.25) is 0 Å². The van der Waals surface area contributed by atoms with Crippen molar-refractivity contribution in [1.82, 2.24) is 20.4 Å². The molecule has 1 aromatic rings. The lowest BCUT2D eigenvalue weighted by atomic mass is 9.95. The Labute approximate surface area is 133 Å². The summed E-state index contributed by atoms with van der Waals surface area (Å²) in [5, 5.41) is 11.2. The number of aryl methyl sites for hydroxylation is 1. The minimum Gasteiger partial charge on any atom is -0.353 e. The fourth-order valence-electron chi connectivity index (χ4n) is 3.16. The van der Waals surface area contributed by atoms with Crippen molar-refractivity contribution < 1.29 is 4.79 Å². The molecule has 22 heavy (non-hydrogen) atoms. The van der Waals surface area contributed by atoms with Crippen molar-refractivity contribution in [2.45, 2.75) is 60.0 Å². The van der Waals surface area contributed by atoms with Gasteiger partial charge in [-0.3, -0.25) is 9.48 Å². The minimum absolute atomic E-state index is 0.119. The molecule has 0 radical (unpaired) electrons. The maximum Gasteiger partial charge on any atom is 0.224 e. The van der Waals surface area contributed by atoms with Gasteiger partial charge in [-0.1, -0.05) is 20.8 Å². The predicted molar refractivity (Wildman–Crippen MR) is 88.8 cm³/mol. The monoisotopic (exact) mass is 306 g/mol. The zero-order chi connectivity index (χ0) is 16.3. The SMILES string of the molecule is Cc1nn(CC(C)C)c(C)c1CC(=O)NC1CCNCC1C. The Balaban J connectivity index is 2.00. The Bertz CT molecular complexity index is 521. The number of piperidine rings is 1. The highest BCUT2D eigenvalue weighted by molar-refractivity contribution is 5.79. The highest BCUT2D eigenvalue weighted by Gasteiger charge is 2.23. The minimum atomic E-state index is 0.119. The molecule has 1 aliphatic rings. The van der Waals surface area contributed by atoms with Crippen LogP contribution in [-0.4, -0.2) is 34.8 Å². The third-order valence-corrected chi connectivity index (χ3v) is 4.54. The van der Waals surface area contributed by atoms with Gasteiger partial charge < -0.3 is 10.6 Å². The van der Waals surface area contributed by atoms with Gasteiger partial charge in [-0.25, -0.2) is 0 Å². The van der Waals surface area contributed by atoms with Gasteiger partial charge in [-0.15, -0.1) is 0 Å². The molecule has 5 heteroatoms. The zero-order valence-corrected chi connectivity index (χ0v) is 14.6. The van der Waals surface area contributed by atoms with Crippen LogP contribution in [0.1, 0.15) is 44.1 Å². The fourth-order valence-corrected chi connectivity index (χ4v) is 3.16. The molecular weight excluding hydrogens is 276 g/mol. The van der Waals surface area contributed by atoms with E-state index in [1.54, 1.807) is 0 Å². The summed E-state index contributed by atoms with van der Waals surface area (Å²) < 4.78 is 2.04. The first-order valence-electron chi connectivity index (χ1n) is 8.41. The molecule has 2 unspecified atom stereocenters. The topological polar surface area (TPSA) is 59.0 Å². The third kappa shape index (κ3) is 4.09. The second-order valence-corrected chi connectivity index (χ2v) is 7.05. The predicted octanol–water partition coefficient (Wildman–Crippen LogP) is 1.81. The van der Waals surface area contributed by atoms with Crippen LogP contribution in [-0.2, 0) is 17.8 Å². The molecule has 2 heterocycles.